The second-order valence-corrected chi connectivity index (χ2v) is 9.14. The SMILES string of the molecule is CN1Cc2ncc(-c3cc(C(=O)Nc4ccc(OC(F)(F)Cl)cc4)cnc3N3CCCC3)cc2C1=O. The summed E-state index contributed by atoms with van der Waals surface area (Å²) in [4.78, 5) is 38.4. The van der Waals surface area contributed by atoms with Gasteiger partial charge in [-0.1, -0.05) is 0 Å². The van der Waals surface area contributed by atoms with Crippen molar-refractivity contribution < 1.29 is 23.1 Å². The van der Waals surface area contributed by atoms with Crippen LogP contribution < -0.4 is 15.0 Å². The monoisotopic (exact) mass is 513 g/mol. The second kappa shape index (κ2) is 9.34. The molecule has 0 spiro atoms. The molecule has 0 unspecified atom stereocenters. The maximum atomic E-state index is 13.0. The van der Waals surface area contributed by atoms with E-state index in [9.17, 15) is 18.4 Å². The Hall–Kier alpha value is -3.79. The first-order valence-electron chi connectivity index (χ1n) is 11.3. The van der Waals surface area contributed by atoms with Crippen LogP contribution in [0.25, 0.3) is 11.1 Å². The highest BCUT2D eigenvalue weighted by Crippen LogP contribution is 2.34. The molecule has 0 saturated carbocycles. The van der Waals surface area contributed by atoms with Crippen molar-refractivity contribution in [2.24, 2.45) is 0 Å². The van der Waals surface area contributed by atoms with E-state index in [2.05, 4.69) is 24.9 Å². The molecular weight excluding hydrogens is 492 g/mol. The predicted molar refractivity (Wildman–Crippen MR) is 131 cm³/mol. The normalized spacial score (nSPS) is 15.3. The van der Waals surface area contributed by atoms with E-state index in [1.165, 1.54) is 30.5 Å². The topological polar surface area (TPSA) is 87.7 Å². The van der Waals surface area contributed by atoms with Gasteiger partial charge in [-0.2, -0.15) is 0 Å². The van der Waals surface area contributed by atoms with Gasteiger partial charge in [0.25, 0.3) is 11.8 Å². The minimum Gasteiger partial charge on any atom is -0.420 e. The lowest BCUT2D eigenvalue weighted by Crippen LogP contribution is -2.21. The van der Waals surface area contributed by atoms with E-state index in [0.29, 0.717) is 34.5 Å². The second-order valence-electron chi connectivity index (χ2n) is 8.70. The summed E-state index contributed by atoms with van der Waals surface area (Å²) in [7, 11) is 1.73. The van der Waals surface area contributed by atoms with Gasteiger partial charge in [0.1, 0.15) is 11.6 Å². The Morgan fingerprint density at radius 2 is 1.81 bits per heavy atom. The predicted octanol–water partition coefficient (Wildman–Crippen LogP) is 4.75. The average Bonchev–Trinajstić information content (AvgIpc) is 3.47. The van der Waals surface area contributed by atoms with Gasteiger partial charge in [0.05, 0.1) is 23.4 Å². The number of hydrogen-bond acceptors (Lipinski definition) is 6. The van der Waals surface area contributed by atoms with Crippen molar-refractivity contribution in [1.82, 2.24) is 14.9 Å². The quantitative estimate of drug-likeness (QED) is 0.479. The number of benzene rings is 1. The van der Waals surface area contributed by atoms with Crippen molar-refractivity contribution >= 4 is 34.9 Å². The first kappa shape index (κ1) is 23.9. The van der Waals surface area contributed by atoms with Gasteiger partial charge >= 0.3 is 5.57 Å². The van der Waals surface area contributed by atoms with Crippen LogP contribution in [0.4, 0.5) is 20.3 Å². The van der Waals surface area contributed by atoms with E-state index >= 15 is 0 Å². The van der Waals surface area contributed by atoms with Crippen LogP contribution in [0.1, 0.15) is 39.3 Å². The van der Waals surface area contributed by atoms with Crippen LogP contribution in [-0.4, -0.2) is 52.4 Å². The minimum absolute atomic E-state index is 0.0942. The Bertz CT molecular complexity index is 1320. The van der Waals surface area contributed by atoms with Crippen molar-refractivity contribution in [2.45, 2.75) is 25.0 Å². The Morgan fingerprint density at radius 1 is 1.08 bits per heavy atom. The van der Waals surface area contributed by atoms with Gasteiger partial charge in [-0.3, -0.25) is 14.6 Å². The Morgan fingerprint density at radius 3 is 2.50 bits per heavy atom. The lowest BCUT2D eigenvalue weighted by atomic mass is 10.0. The van der Waals surface area contributed by atoms with E-state index in [1.54, 1.807) is 30.3 Å². The van der Waals surface area contributed by atoms with Crippen LogP contribution in [0.3, 0.4) is 0 Å². The molecule has 3 aromatic rings. The van der Waals surface area contributed by atoms with Crippen molar-refractivity contribution in [2.75, 3.05) is 30.4 Å². The molecule has 0 radical (unpaired) electrons. The summed E-state index contributed by atoms with van der Waals surface area (Å²) in [6.45, 7) is 2.16. The first-order chi connectivity index (χ1) is 17.2. The largest absolute Gasteiger partial charge is 0.487 e. The van der Waals surface area contributed by atoms with Gasteiger partial charge in [0.2, 0.25) is 0 Å². The summed E-state index contributed by atoms with van der Waals surface area (Å²) in [6, 6.07) is 8.93. The van der Waals surface area contributed by atoms with E-state index in [-0.39, 0.29) is 11.7 Å². The highest BCUT2D eigenvalue weighted by Gasteiger charge is 2.28. The van der Waals surface area contributed by atoms with Gasteiger partial charge < -0.3 is 19.9 Å². The fourth-order valence-corrected chi connectivity index (χ4v) is 4.46. The zero-order valence-corrected chi connectivity index (χ0v) is 20.1. The van der Waals surface area contributed by atoms with Crippen molar-refractivity contribution in [1.29, 1.82) is 0 Å². The van der Waals surface area contributed by atoms with Crippen LogP contribution in [0.5, 0.6) is 5.75 Å². The fourth-order valence-electron chi connectivity index (χ4n) is 4.37. The lowest BCUT2D eigenvalue weighted by Gasteiger charge is -2.21. The smallest absolute Gasteiger partial charge is 0.420 e. The molecule has 186 valence electrons. The van der Waals surface area contributed by atoms with Gasteiger partial charge in [-0.25, -0.2) is 4.98 Å². The number of fused-ring (bicyclic) bond motifs is 1. The third-order valence-corrected chi connectivity index (χ3v) is 6.20. The van der Waals surface area contributed by atoms with Gasteiger partial charge in [0, 0.05) is 60.9 Å². The van der Waals surface area contributed by atoms with Gasteiger partial charge in [-0.05, 0) is 49.2 Å². The molecule has 4 heterocycles. The summed E-state index contributed by atoms with van der Waals surface area (Å²) in [5.41, 5.74) is -0.485. The number of alkyl halides is 3. The van der Waals surface area contributed by atoms with Crippen molar-refractivity contribution in [3.63, 3.8) is 0 Å². The molecule has 2 aliphatic heterocycles. The molecule has 1 aromatic carbocycles. The van der Waals surface area contributed by atoms with Crippen LogP contribution >= 0.6 is 11.6 Å². The van der Waals surface area contributed by atoms with E-state index < -0.39 is 11.5 Å². The number of anilines is 2. The summed E-state index contributed by atoms with van der Waals surface area (Å²) in [5, 5.41) is 2.73. The molecule has 1 N–H and O–H groups in total. The molecule has 0 atom stereocenters. The number of nitrogens with one attached hydrogen (secondary N) is 1. The fraction of sp³-hybridized carbons (Fsp3) is 0.280. The molecule has 0 aliphatic carbocycles. The van der Waals surface area contributed by atoms with Crippen LogP contribution in [0, 0.1) is 0 Å². The zero-order valence-electron chi connectivity index (χ0n) is 19.3. The maximum Gasteiger partial charge on any atom is 0.487 e. The number of ether oxygens (including phenoxy) is 1. The third kappa shape index (κ3) is 4.94. The van der Waals surface area contributed by atoms with E-state index in [1.807, 2.05) is 0 Å². The minimum atomic E-state index is -3.82. The lowest BCUT2D eigenvalue weighted by molar-refractivity contribution is -0.0964. The number of pyridine rings is 2. The van der Waals surface area contributed by atoms with Crippen molar-refractivity contribution in [3.05, 3.63) is 65.6 Å². The molecule has 2 aromatic heterocycles. The number of nitrogens with zero attached hydrogens (tertiary/aromatic N) is 4. The third-order valence-electron chi connectivity index (χ3n) is 6.13. The standard InChI is InChI=1S/C25H22ClF2N5O3/c1-32-14-21-20(24(32)35)10-15(12-29-21)19-11-16(13-30-22(19)33-8-2-3-9-33)23(34)31-17-4-6-18(7-5-17)36-25(26,27)28/h4-7,10-13H,2-3,8-9,14H2,1H3,(H,31,34). The number of amides is 2. The number of aromatic nitrogens is 2. The van der Waals surface area contributed by atoms with Crippen LogP contribution in [0.2, 0.25) is 0 Å². The number of hydrogen-bond donors (Lipinski definition) is 1. The Balaban J connectivity index is 1.44. The maximum absolute atomic E-state index is 13.0. The molecule has 36 heavy (non-hydrogen) atoms. The molecule has 8 nitrogen and oxygen atoms in total. The molecular formula is C25H22ClF2N5O3. The number of rotatable bonds is 6. The van der Waals surface area contributed by atoms with E-state index in [4.69, 9.17) is 11.6 Å². The first-order valence-corrected chi connectivity index (χ1v) is 11.7. The molecule has 1 saturated heterocycles. The van der Waals surface area contributed by atoms with Gasteiger partial charge in [0.15, 0.2) is 0 Å². The number of carbonyl (C=O) groups excluding carboxylic acids is 2. The Kier molecular flexibility index (Phi) is 6.21. The molecule has 2 aliphatic rings. The summed E-state index contributed by atoms with van der Waals surface area (Å²) in [5.74, 6) is 0.0607. The summed E-state index contributed by atoms with van der Waals surface area (Å²) >= 11 is 4.78. The Labute approximate surface area is 210 Å². The zero-order chi connectivity index (χ0) is 25.4. The summed E-state index contributed by atoms with van der Waals surface area (Å²) in [6.07, 6.45) is 5.29. The van der Waals surface area contributed by atoms with Crippen molar-refractivity contribution in [3.8, 4) is 16.9 Å². The molecule has 2 amide bonds. The highest BCUT2D eigenvalue weighted by atomic mass is 35.5. The van der Waals surface area contributed by atoms with Crippen LogP contribution in [0.15, 0.2) is 48.8 Å². The van der Waals surface area contributed by atoms with Crippen LogP contribution in [-0.2, 0) is 6.54 Å². The summed E-state index contributed by atoms with van der Waals surface area (Å²) < 4.78 is 29.9. The molecule has 0 bridgehead atoms. The number of carbonyl (C=O) groups is 2. The van der Waals surface area contributed by atoms with Gasteiger partial charge in [-0.15, -0.1) is 8.78 Å². The molecule has 1 fully saturated rings. The number of halogens is 3. The molecule has 5 rings (SSSR count). The average molecular weight is 514 g/mol. The van der Waals surface area contributed by atoms with E-state index in [0.717, 1.165) is 37.4 Å². The molecule has 11 heteroatoms. The highest BCUT2D eigenvalue weighted by molar-refractivity contribution is 6.20.